The van der Waals surface area contributed by atoms with Gasteiger partial charge in [-0.3, -0.25) is 9.59 Å². The summed E-state index contributed by atoms with van der Waals surface area (Å²) >= 11 is 0. The number of aromatic nitrogens is 2. The molecule has 1 aromatic carbocycles. The van der Waals surface area contributed by atoms with Crippen molar-refractivity contribution >= 4 is 22.6 Å². The Bertz CT molecular complexity index is 1050. The number of aryl methyl sites for hydroxylation is 1. The molecule has 1 amide bonds. The number of carbonyl (C=O) groups is 1. The van der Waals surface area contributed by atoms with E-state index in [1.54, 1.807) is 12.3 Å². The number of nitrogens with zero attached hydrogens (tertiary/aromatic N) is 2. The number of carbonyl (C=O) groups excluding carboxylic acids is 1. The molecule has 0 fully saturated rings. The Balaban J connectivity index is 1.71. The molecule has 6 nitrogen and oxygen atoms in total. The van der Waals surface area contributed by atoms with E-state index >= 15 is 0 Å². The maximum absolute atomic E-state index is 12.6. The fourth-order valence-corrected chi connectivity index (χ4v) is 3.67. The third kappa shape index (κ3) is 2.73. The molecule has 0 saturated heterocycles. The third-order valence-corrected chi connectivity index (χ3v) is 4.98. The molecule has 0 spiro atoms. The highest BCUT2D eigenvalue weighted by molar-refractivity contribution is 5.96. The molecule has 4 rings (SSSR count). The molecule has 0 atom stereocenters. The molecule has 6 heteroatoms. The average Bonchev–Trinajstić information content (AvgIpc) is 3.04. The standard InChI is InChI=1S/C20H20N4O2/c1-2-24-11-16(20(21)26)19(25)15-9-18(22-10-17(15)24)23-14-7-12-5-3-4-6-13(12)8-14/h3-6,9-11,14H,2,7-8H2,1H3,(H2,21,26)(H,22,23). The van der Waals surface area contributed by atoms with Gasteiger partial charge in [0.15, 0.2) is 0 Å². The minimum Gasteiger partial charge on any atom is -0.367 e. The number of nitrogens with one attached hydrogen (secondary N) is 1. The first-order chi connectivity index (χ1) is 12.6. The minimum atomic E-state index is -0.711. The topological polar surface area (TPSA) is 90.0 Å². The quantitative estimate of drug-likeness (QED) is 0.755. The first kappa shape index (κ1) is 16.3. The third-order valence-electron chi connectivity index (χ3n) is 4.98. The number of benzene rings is 1. The van der Waals surface area contributed by atoms with Crippen molar-refractivity contribution in [2.24, 2.45) is 5.73 Å². The molecule has 0 bridgehead atoms. The lowest BCUT2D eigenvalue weighted by atomic mass is 10.1. The maximum Gasteiger partial charge on any atom is 0.254 e. The van der Waals surface area contributed by atoms with Gasteiger partial charge in [-0.25, -0.2) is 4.98 Å². The predicted molar refractivity (Wildman–Crippen MR) is 101 cm³/mol. The summed E-state index contributed by atoms with van der Waals surface area (Å²) in [6.07, 6.45) is 5.04. The zero-order valence-electron chi connectivity index (χ0n) is 14.5. The summed E-state index contributed by atoms with van der Waals surface area (Å²) in [4.78, 5) is 28.7. The van der Waals surface area contributed by atoms with Crippen molar-refractivity contribution in [1.82, 2.24) is 9.55 Å². The fraction of sp³-hybridized carbons (Fsp3) is 0.250. The summed E-state index contributed by atoms with van der Waals surface area (Å²) in [5, 5.41) is 3.87. The molecule has 0 saturated carbocycles. The van der Waals surface area contributed by atoms with Crippen LogP contribution < -0.4 is 16.5 Å². The van der Waals surface area contributed by atoms with Gasteiger partial charge in [-0.1, -0.05) is 24.3 Å². The monoisotopic (exact) mass is 348 g/mol. The molecule has 3 aromatic rings. The first-order valence-electron chi connectivity index (χ1n) is 8.73. The molecule has 0 radical (unpaired) electrons. The van der Waals surface area contributed by atoms with Gasteiger partial charge in [-0.2, -0.15) is 0 Å². The van der Waals surface area contributed by atoms with Gasteiger partial charge in [-0.15, -0.1) is 0 Å². The van der Waals surface area contributed by atoms with Crippen LogP contribution in [0.5, 0.6) is 0 Å². The second-order valence-electron chi connectivity index (χ2n) is 6.63. The van der Waals surface area contributed by atoms with Gasteiger partial charge in [0.2, 0.25) is 5.43 Å². The number of nitrogens with two attached hydrogens (primary N) is 1. The Kier molecular flexibility index (Phi) is 3.95. The number of pyridine rings is 2. The van der Waals surface area contributed by atoms with Crippen molar-refractivity contribution in [3.63, 3.8) is 0 Å². The van der Waals surface area contributed by atoms with Gasteiger partial charge in [-0.05, 0) is 37.0 Å². The average molecular weight is 348 g/mol. The van der Waals surface area contributed by atoms with Crippen LogP contribution in [-0.4, -0.2) is 21.5 Å². The second kappa shape index (κ2) is 6.29. The Morgan fingerprint density at radius 2 is 2.00 bits per heavy atom. The van der Waals surface area contributed by atoms with Crippen LogP contribution in [-0.2, 0) is 19.4 Å². The van der Waals surface area contributed by atoms with Gasteiger partial charge in [0.25, 0.3) is 5.91 Å². The Morgan fingerprint density at radius 3 is 2.62 bits per heavy atom. The highest BCUT2D eigenvalue weighted by atomic mass is 16.2. The fourth-order valence-electron chi connectivity index (χ4n) is 3.67. The van der Waals surface area contributed by atoms with Crippen molar-refractivity contribution < 1.29 is 4.79 Å². The van der Waals surface area contributed by atoms with Crippen molar-refractivity contribution in [1.29, 1.82) is 0 Å². The summed E-state index contributed by atoms with van der Waals surface area (Å²) in [6, 6.07) is 10.3. The van der Waals surface area contributed by atoms with E-state index in [-0.39, 0.29) is 17.0 Å². The van der Waals surface area contributed by atoms with Crippen molar-refractivity contribution in [2.75, 3.05) is 5.32 Å². The van der Waals surface area contributed by atoms with Crippen LogP contribution in [0.3, 0.4) is 0 Å². The molecule has 2 heterocycles. The van der Waals surface area contributed by atoms with Crippen molar-refractivity contribution in [2.45, 2.75) is 32.4 Å². The molecule has 0 unspecified atom stereocenters. The van der Waals surface area contributed by atoms with Gasteiger partial charge in [0.1, 0.15) is 11.4 Å². The van der Waals surface area contributed by atoms with Crippen LogP contribution in [0.1, 0.15) is 28.4 Å². The van der Waals surface area contributed by atoms with E-state index in [1.807, 2.05) is 23.6 Å². The second-order valence-corrected chi connectivity index (χ2v) is 6.63. The number of hydrogen-bond acceptors (Lipinski definition) is 4. The van der Waals surface area contributed by atoms with Crippen LogP contribution in [0.2, 0.25) is 0 Å². The minimum absolute atomic E-state index is 0.00442. The number of amides is 1. The summed E-state index contributed by atoms with van der Waals surface area (Å²) < 4.78 is 1.82. The van der Waals surface area contributed by atoms with E-state index in [2.05, 4.69) is 22.4 Å². The molecule has 0 aliphatic heterocycles. The summed E-state index contributed by atoms with van der Waals surface area (Å²) in [7, 11) is 0. The van der Waals surface area contributed by atoms with Crippen molar-refractivity contribution in [3.8, 4) is 0 Å². The van der Waals surface area contributed by atoms with E-state index in [0.29, 0.717) is 23.3 Å². The number of rotatable bonds is 4. The Morgan fingerprint density at radius 1 is 1.31 bits per heavy atom. The lowest BCUT2D eigenvalue weighted by molar-refractivity contribution is 0.0999. The molecular weight excluding hydrogens is 328 g/mol. The predicted octanol–water partition coefficient (Wildman–Crippen LogP) is 2.09. The smallest absolute Gasteiger partial charge is 0.254 e. The molecule has 1 aliphatic carbocycles. The van der Waals surface area contributed by atoms with Crippen LogP contribution in [0.15, 0.2) is 47.5 Å². The van der Waals surface area contributed by atoms with E-state index in [4.69, 9.17) is 5.73 Å². The molecular formula is C20H20N4O2. The molecule has 2 aromatic heterocycles. The number of anilines is 1. The lowest BCUT2D eigenvalue weighted by Gasteiger charge is -2.15. The highest BCUT2D eigenvalue weighted by Crippen LogP contribution is 2.24. The number of fused-ring (bicyclic) bond motifs is 2. The van der Waals surface area contributed by atoms with E-state index < -0.39 is 5.91 Å². The van der Waals surface area contributed by atoms with Crippen LogP contribution in [0, 0.1) is 0 Å². The lowest BCUT2D eigenvalue weighted by Crippen LogP contribution is -2.25. The van der Waals surface area contributed by atoms with Gasteiger partial charge in [0, 0.05) is 18.8 Å². The molecule has 1 aliphatic rings. The number of primary amides is 1. The Labute approximate surface area is 150 Å². The summed E-state index contributed by atoms with van der Waals surface area (Å²) in [6.45, 7) is 2.56. The maximum atomic E-state index is 12.6. The van der Waals surface area contributed by atoms with Gasteiger partial charge in [0.05, 0.1) is 17.1 Å². The largest absolute Gasteiger partial charge is 0.367 e. The molecule has 132 valence electrons. The summed E-state index contributed by atoms with van der Waals surface area (Å²) in [5.41, 5.74) is 8.40. The number of hydrogen-bond donors (Lipinski definition) is 2. The Hall–Kier alpha value is -3.15. The van der Waals surface area contributed by atoms with Crippen LogP contribution in [0.4, 0.5) is 5.82 Å². The van der Waals surface area contributed by atoms with Crippen LogP contribution >= 0.6 is 0 Å². The van der Waals surface area contributed by atoms with Crippen LogP contribution in [0.25, 0.3) is 10.9 Å². The normalized spacial score (nSPS) is 13.7. The molecule has 3 N–H and O–H groups in total. The first-order valence-corrected chi connectivity index (χ1v) is 8.73. The van der Waals surface area contributed by atoms with Crippen molar-refractivity contribution in [3.05, 3.63) is 69.6 Å². The zero-order chi connectivity index (χ0) is 18.3. The van der Waals surface area contributed by atoms with E-state index in [9.17, 15) is 9.59 Å². The zero-order valence-corrected chi connectivity index (χ0v) is 14.5. The SMILES string of the molecule is CCn1cc(C(N)=O)c(=O)c2cc(NC3Cc4ccccc4C3)ncc21. The van der Waals surface area contributed by atoms with E-state index in [0.717, 1.165) is 12.8 Å². The highest BCUT2D eigenvalue weighted by Gasteiger charge is 2.21. The van der Waals surface area contributed by atoms with Gasteiger partial charge >= 0.3 is 0 Å². The molecule has 26 heavy (non-hydrogen) atoms. The summed E-state index contributed by atoms with van der Waals surface area (Å²) in [5.74, 6) is -0.0756. The van der Waals surface area contributed by atoms with Gasteiger partial charge < -0.3 is 15.6 Å². The van der Waals surface area contributed by atoms with E-state index in [1.165, 1.54) is 17.3 Å².